The number of hydrogen-bond acceptors (Lipinski definition) is 4. The van der Waals surface area contributed by atoms with Crippen LogP contribution in [0.15, 0.2) is 42.5 Å². The van der Waals surface area contributed by atoms with E-state index in [-0.39, 0.29) is 22.2 Å². The molecule has 0 radical (unpaired) electrons. The normalized spacial score (nSPS) is 12.9. The van der Waals surface area contributed by atoms with Crippen molar-refractivity contribution in [2.45, 2.75) is 32.2 Å². The van der Waals surface area contributed by atoms with Gasteiger partial charge in [-0.15, -0.1) is 16.7 Å². The molecule has 0 aliphatic rings. The molecular weight excluding hydrogens is 464 g/mol. The van der Waals surface area contributed by atoms with Crippen LogP contribution in [0.5, 0.6) is 11.6 Å². The van der Waals surface area contributed by atoms with Gasteiger partial charge >= 0.3 is 0 Å². The number of aryl methyl sites for hydroxylation is 2. The second-order valence-electron chi connectivity index (χ2n) is 7.05. The molecule has 3 rings (SSSR count). The fourth-order valence-electron chi connectivity index (χ4n) is 2.87. The Bertz CT molecular complexity index is 1130. The summed E-state index contributed by atoms with van der Waals surface area (Å²) < 4.78 is 19.7. The Morgan fingerprint density at radius 1 is 1.10 bits per heavy atom. The monoisotopic (exact) mass is 481 g/mol. The lowest BCUT2D eigenvalue weighted by Crippen LogP contribution is -2.36. The number of rotatable bonds is 6. The van der Waals surface area contributed by atoms with Crippen molar-refractivity contribution < 1.29 is 13.9 Å². The number of amides is 1. The number of carbonyl (C=O) groups excluding carboxylic acids is 1. The van der Waals surface area contributed by atoms with Crippen LogP contribution in [-0.4, -0.2) is 22.1 Å². The number of nitrogens with one attached hydrogen (secondary N) is 1. The molecule has 2 aromatic carbocycles. The van der Waals surface area contributed by atoms with Crippen LogP contribution in [0.3, 0.4) is 0 Å². The van der Waals surface area contributed by atoms with E-state index in [1.807, 2.05) is 25.1 Å². The third-order valence-corrected chi connectivity index (χ3v) is 5.73. The van der Waals surface area contributed by atoms with Crippen molar-refractivity contribution in [1.29, 1.82) is 0 Å². The summed E-state index contributed by atoms with van der Waals surface area (Å²) in [4.78, 5) is 13.0. The Labute approximate surface area is 194 Å². The lowest BCUT2D eigenvalue weighted by atomic mass is 10.0. The van der Waals surface area contributed by atoms with Gasteiger partial charge in [-0.25, -0.2) is 4.39 Å². The number of benzene rings is 2. The van der Waals surface area contributed by atoms with E-state index in [9.17, 15) is 9.18 Å². The maximum atomic E-state index is 14.2. The summed E-state index contributed by atoms with van der Waals surface area (Å²) in [6.45, 7) is 5.35. The molecular formula is C22H19Cl3FN3O2. The summed E-state index contributed by atoms with van der Waals surface area (Å²) >= 11 is 18.7. The van der Waals surface area contributed by atoms with Gasteiger partial charge in [-0.1, -0.05) is 41.4 Å². The Balaban J connectivity index is 1.84. The molecule has 0 aliphatic carbocycles. The van der Waals surface area contributed by atoms with Gasteiger partial charge in [0.2, 0.25) is 0 Å². The molecule has 0 saturated heterocycles. The van der Waals surface area contributed by atoms with E-state index >= 15 is 0 Å². The van der Waals surface area contributed by atoms with Gasteiger partial charge in [0, 0.05) is 11.1 Å². The van der Waals surface area contributed by atoms with Gasteiger partial charge in [0.05, 0.1) is 16.1 Å². The Kier molecular flexibility index (Phi) is 7.36. The van der Waals surface area contributed by atoms with Crippen LogP contribution < -0.4 is 10.1 Å². The van der Waals surface area contributed by atoms with E-state index in [4.69, 9.17) is 39.5 Å². The molecule has 31 heavy (non-hydrogen) atoms. The van der Waals surface area contributed by atoms with Gasteiger partial charge in [-0.2, -0.15) is 5.10 Å². The van der Waals surface area contributed by atoms with Crippen molar-refractivity contribution >= 4 is 40.7 Å². The van der Waals surface area contributed by atoms with Crippen molar-refractivity contribution in [2.75, 3.05) is 0 Å². The summed E-state index contributed by atoms with van der Waals surface area (Å²) in [5, 5.41) is 10.4. The highest BCUT2D eigenvalue weighted by Gasteiger charge is 2.24. The van der Waals surface area contributed by atoms with Crippen LogP contribution in [0, 0.1) is 19.7 Å². The highest BCUT2D eigenvalue weighted by Crippen LogP contribution is 2.32. The van der Waals surface area contributed by atoms with Gasteiger partial charge in [-0.05, 0) is 56.2 Å². The molecule has 2 unspecified atom stereocenters. The van der Waals surface area contributed by atoms with E-state index in [1.54, 1.807) is 13.8 Å². The Hall–Kier alpha value is -2.41. The minimum Gasteiger partial charge on any atom is -0.434 e. The molecule has 0 aliphatic heterocycles. The minimum absolute atomic E-state index is 0.0811. The van der Waals surface area contributed by atoms with E-state index < -0.39 is 23.1 Å². The van der Waals surface area contributed by atoms with Gasteiger partial charge < -0.3 is 10.1 Å². The molecule has 0 bridgehead atoms. The molecule has 1 heterocycles. The summed E-state index contributed by atoms with van der Waals surface area (Å²) in [7, 11) is 0. The molecule has 9 heteroatoms. The van der Waals surface area contributed by atoms with Crippen molar-refractivity contribution in [1.82, 2.24) is 15.5 Å². The van der Waals surface area contributed by atoms with Crippen molar-refractivity contribution in [2.24, 2.45) is 0 Å². The number of halogens is 4. The van der Waals surface area contributed by atoms with Crippen LogP contribution in [0.4, 0.5) is 4.39 Å². The minimum atomic E-state index is -0.763. The predicted molar refractivity (Wildman–Crippen MR) is 120 cm³/mol. The quantitative estimate of drug-likeness (QED) is 0.411. The number of ether oxygens (including phenoxy) is 1. The topological polar surface area (TPSA) is 64.1 Å². The summed E-state index contributed by atoms with van der Waals surface area (Å²) in [5.41, 5.74) is 2.27. The van der Waals surface area contributed by atoms with Crippen LogP contribution in [0.25, 0.3) is 0 Å². The zero-order valence-electron chi connectivity index (χ0n) is 16.9. The van der Waals surface area contributed by atoms with E-state index in [0.717, 1.165) is 5.56 Å². The molecule has 2 atom stereocenters. The summed E-state index contributed by atoms with van der Waals surface area (Å²) in [6, 6.07) is 10.8. The van der Waals surface area contributed by atoms with Crippen molar-refractivity contribution in [3.05, 3.63) is 80.7 Å². The number of aromatic nitrogens is 2. The van der Waals surface area contributed by atoms with Gasteiger partial charge in [0.1, 0.15) is 5.56 Å². The smallest absolute Gasteiger partial charge is 0.257 e. The van der Waals surface area contributed by atoms with Crippen molar-refractivity contribution in [3.63, 3.8) is 0 Å². The van der Waals surface area contributed by atoms with Gasteiger partial charge in [-0.3, -0.25) is 4.79 Å². The third-order valence-electron chi connectivity index (χ3n) is 4.50. The largest absolute Gasteiger partial charge is 0.434 e. The molecule has 1 amide bonds. The van der Waals surface area contributed by atoms with Crippen LogP contribution >= 0.6 is 34.8 Å². The first-order valence-electron chi connectivity index (χ1n) is 9.34. The molecule has 0 spiro atoms. The molecule has 0 saturated carbocycles. The van der Waals surface area contributed by atoms with Gasteiger partial charge in [0.25, 0.3) is 11.8 Å². The Morgan fingerprint density at radius 2 is 1.84 bits per heavy atom. The average Bonchev–Trinajstić information content (AvgIpc) is 2.72. The number of alkyl halides is 1. The second kappa shape index (κ2) is 9.81. The first kappa shape index (κ1) is 23.3. The highest BCUT2D eigenvalue weighted by molar-refractivity contribution is 6.33. The first-order valence-corrected chi connectivity index (χ1v) is 10.5. The maximum absolute atomic E-state index is 14.2. The third kappa shape index (κ3) is 5.45. The van der Waals surface area contributed by atoms with Crippen LogP contribution in [-0.2, 0) is 0 Å². The average molecular weight is 483 g/mol. The summed E-state index contributed by atoms with van der Waals surface area (Å²) in [5.74, 6) is -1.59. The number of carbonyl (C=O) groups is 1. The predicted octanol–water partition coefficient (Wildman–Crippen LogP) is 6.43. The maximum Gasteiger partial charge on any atom is 0.257 e. The number of nitrogens with zero attached hydrogens (tertiary/aromatic N) is 2. The highest BCUT2D eigenvalue weighted by atomic mass is 35.5. The fourth-order valence-corrected chi connectivity index (χ4v) is 3.69. The number of hydrogen-bond donors (Lipinski definition) is 1. The zero-order chi connectivity index (χ0) is 22.7. The zero-order valence-corrected chi connectivity index (χ0v) is 19.2. The van der Waals surface area contributed by atoms with Crippen molar-refractivity contribution in [3.8, 4) is 11.6 Å². The molecule has 162 valence electrons. The first-order chi connectivity index (χ1) is 14.7. The lowest BCUT2D eigenvalue weighted by molar-refractivity contribution is 0.0935. The van der Waals surface area contributed by atoms with Crippen LogP contribution in [0.1, 0.15) is 39.5 Å². The standard InChI is InChI=1S/C22H19Cl3FN3O2/c1-11-7-8-14(17(24)9-11)19(25)13(3)27-21(30)15-10-12(2)28-29-22(15)31-18-6-4-5-16(23)20(18)26/h4-10,13,19H,1-3H3,(H,27,30). The van der Waals surface area contributed by atoms with E-state index in [0.29, 0.717) is 16.3 Å². The van der Waals surface area contributed by atoms with E-state index in [1.165, 1.54) is 24.3 Å². The second-order valence-corrected chi connectivity index (χ2v) is 8.33. The Morgan fingerprint density at radius 3 is 2.55 bits per heavy atom. The molecule has 1 aromatic heterocycles. The van der Waals surface area contributed by atoms with E-state index in [2.05, 4.69) is 15.5 Å². The van der Waals surface area contributed by atoms with Crippen LogP contribution in [0.2, 0.25) is 10.0 Å². The molecule has 0 fully saturated rings. The molecule has 1 N–H and O–H groups in total. The molecule has 5 nitrogen and oxygen atoms in total. The molecule has 3 aromatic rings. The SMILES string of the molecule is Cc1ccc(C(Cl)C(C)NC(=O)c2cc(C)nnc2Oc2cccc(Cl)c2F)c(Cl)c1. The summed E-state index contributed by atoms with van der Waals surface area (Å²) in [6.07, 6.45) is 0. The lowest BCUT2D eigenvalue weighted by Gasteiger charge is -2.21. The van der Waals surface area contributed by atoms with Gasteiger partial charge in [0.15, 0.2) is 11.6 Å². The fraction of sp³-hybridized carbons (Fsp3) is 0.227.